The van der Waals surface area contributed by atoms with Gasteiger partial charge in [-0.05, 0) is 29.0 Å². The minimum Gasteiger partial charge on any atom is -0.352 e. The molecule has 1 aromatic carbocycles. The van der Waals surface area contributed by atoms with Crippen LogP contribution in [0.1, 0.15) is 17.8 Å². The summed E-state index contributed by atoms with van der Waals surface area (Å²) in [5.41, 5.74) is 3.87. The van der Waals surface area contributed by atoms with Gasteiger partial charge in [-0.3, -0.25) is 4.79 Å². The van der Waals surface area contributed by atoms with Gasteiger partial charge in [-0.1, -0.05) is 12.1 Å². The number of tetrazole rings is 1. The van der Waals surface area contributed by atoms with Crippen molar-refractivity contribution in [1.29, 1.82) is 0 Å². The highest BCUT2D eigenvalue weighted by Gasteiger charge is 2.07. The van der Waals surface area contributed by atoms with E-state index in [2.05, 4.69) is 25.8 Å². The number of hydrogen-bond acceptors (Lipinski definition) is 6. The van der Waals surface area contributed by atoms with E-state index in [0.29, 0.717) is 25.3 Å². The van der Waals surface area contributed by atoms with E-state index in [4.69, 9.17) is 0 Å². The Morgan fingerprint density at radius 3 is 3.14 bits per heavy atom. The number of aromatic nitrogens is 5. The average Bonchev–Trinajstić information content (AvgIpc) is 3.11. The molecule has 0 atom stereocenters. The molecular weight excluding hydrogens is 288 g/mol. The van der Waals surface area contributed by atoms with E-state index in [9.17, 15) is 4.79 Å². The van der Waals surface area contributed by atoms with E-state index in [-0.39, 0.29) is 5.91 Å². The second-order valence-electron chi connectivity index (χ2n) is 4.59. The van der Waals surface area contributed by atoms with Crippen molar-refractivity contribution < 1.29 is 4.79 Å². The maximum absolute atomic E-state index is 11.9. The smallest absolute Gasteiger partial charge is 0.222 e. The van der Waals surface area contributed by atoms with Gasteiger partial charge in [0.25, 0.3) is 0 Å². The second-order valence-corrected chi connectivity index (χ2v) is 5.45. The molecule has 0 spiro atoms. The summed E-state index contributed by atoms with van der Waals surface area (Å²) in [6.07, 6.45) is 0.352. The predicted molar refractivity (Wildman–Crippen MR) is 78.6 cm³/mol. The Bertz CT molecular complexity index is 765. The Hall–Kier alpha value is -2.35. The summed E-state index contributed by atoms with van der Waals surface area (Å²) in [4.78, 5) is 16.2. The van der Waals surface area contributed by atoms with Crippen molar-refractivity contribution in [2.75, 3.05) is 0 Å². The van der Waals surface area contributed by atoms with Gasteiger partial charge in [-0.25, -0.2) is 9.67 Å². The summed E-state index contributed by atoms with van der Waals surface area (Å²) in [5, 5.41) is 14.1. The molecule has 1 N–H and O–H groups in total. The summed E-state index contributed by atoms with van der Waals surface area (Å²) >= 11 is 1.59. The summed E-state index contributed by atoms with van der Waals surface area (Å²) in [6, 6.07) is 5.93. The predicted octanol–water partition coefficient (Wildman–Crippen LogP) is 1.30. The van der Waals surface area contributed by atoms with Crippen molar-refractivity contribution >= 4 is 27.5 Å². The van der Waals surface area contributed by atoms with Crippen LogP contribution in [0, 0.1) is 6.92 Å². The van der Waals surface area contributed by atoms with Gasteiger partial charge in [-0.2, -0.15) is 0 Å². The van der Waals surface area contributed by atoms with Gasteiger partial charge in [-0.15, -0.1) is 16.4 Å². The fourth-order valence-corrected chi connectivity index (χ4v) is 2.83. The molecule has 0 aliphatic rings. The quantitative estimate of drug-likeness (QED) is 0.767. The zero-order valence-corrected chi connectivity index (χ0v) is 12.3. The number of amides is 1. The number of nitrogens with zero attached hydrogens (tertiary/aromatic N) is 5. The van der Waals surface area contributed by atoms with E-state index in [1.54, 1.807) is 16.0 Å². The van der Waals surface area contributed by atoms with Gasteiger partial charge >= 0.3 is 0 Å². The van der Waals surface area contributed by atoms with Crippen LogP contribution >= 0.6 is 11.3 Å². The van der Waals surface area contributed by atoms with Crippen LogP contribution in [0.2, 0.25) is 0 Å². The fourth-order valence-electron chi connectivity index (χ4n) is 2.03. The normalized spacial score (nSPS) is 10.9. The second kappa shape index (κ2) is 5.96. The maximum atomic E-state index is 11.9. The molecule has 3 aromatic rings. The van der Waals surface area contributed by atoms with Crippen LogP contribution in [0.4, 0.5) is 0 Å². The van der Waals surface area contributed by atoms with Crippen LogP contribution in [-0.4, -0.2) is 31.1 Å². The van der Waals surface area contributed by atoms with E-state index in [1.807, 2.05) is 30.6 Å². The van der Waals surface area contributed by atoms with Crippen molar-refractivity contribution in [3.05, 3.63) is 35.1 Å². The molecule has 0 aliphatic carbocycles. The SMILES string of the molecule is Cc1nnnn1CCC(=O)NCc1cccc2ncsc12. The lowest BCUT2D eigenvalue weighted by molar-refractivity contribution is -0.121. The van der Waals surface area contributed by atoms with Gasteiger partial charge < -0.3 is 5.32 Å². The van der Waals surface area contributed by atoms with E-state index < -0.39 is 0 Å². The standard InChI is InChI=1S/C13H14N6OS/c1-9-16-17-18-19(9)6-5-12(20)14-7-10-3-2-4-11-13(10)21-8-15-11/h2-4,8H,5-7H2,1H3,(H,14,20). The first-order chi connectivity index (χ1) is 10.2. The Balaban J connectivity index is 1.56. The lowest BCUT2D eigenvalue weighted by atomic mass is 10.2. The fraction of sp³-hybridized carbons (Fsp3) is 0.308. The van der Waals surface area contributed by atoms with Crippen LogP contribution in [0.15, 0.2) is 23.7 Å². The number of rotatable bonds is 5. The molecule has 7 nitrogen and oxygen atoms in total. The molecule has 8 heteroatoms. The first-order valence-corrected chi connectivity index (χ1v) is 7.42. The number of aryl methyl sites for hydroxylation is 2. The highest BCUT2D eigenvalue weighted by atomic mass is 32.1. The third-order valence-electron chi connectivity index (χ3n) is 3.18. The third kappa shape index (κ3) is 3.05. The lowest BCUT2D eigenvalue weighted by Crippen LogP contribution is -2.24. The molecule has 1 amide bonds. The molecule has 0 radical (unpaired) electrons. The Morgan fingerprint density at radius 1 is 1.43 bits per heavy atom. The zero-order chi connectivity index (χ0) is 14.7. The Morgan fingerprint density at radius 2 is 2.33 bits per heavy atom. The van der Waals surface area contributed by atoms with Crippen LogP contribution in [0.3, 0.4) is 0 Å². The van der Waals surface area contributed by atoms with Gasteiger partial charge in [0.2, 0.25) is 5.91 Å². The molecule has 3 rings (SSSR count). The third-order valence-corrected chi connectivity index (χ3v) is 4.09. The molecule has 0 saturated heterocycles. The molecular formula is C13H14N6OS. The molecule has 0 saturated carbocycles. The highest BCUT2D eigenvalue weighted by Crippen LogP contribution is 2.21. The summed E-state index contributed by atoms with van der Waals surface area (Å²) in [7, 11) is 0. The first kappa shape index (κ1) is 13.6. The van der Waals surface area contributed by atoms with Gasteiger partial charge in [0.05, 0.1) is 22.3 Å². The number of thiazole rings is 1. The number of nitrogens with one attached hydrogen (secondary N) is 1. The average molecular weight is 302 g/mol. The largest absolute Gasteiger partial charge is 0.352 e. The van der Waals surface area contributed by atoms with Gasteiger partial charge in [0, 0.05) is 13.0 Å². The van der Waals surface area contributed by atoms with Crippen LogP contribution in [0.25, 0.3) is 10.2 Å². The molecule has 0 fully saturated rings. The minimum absolute atomic E-state index is 0.0218. The van der Waals surface area contributed by atoms with Crippen LogP contribution in [-0.2, 0) is 17.9 Å². The summed E-state index contributed by atoms with van der Waals surface area (Å²) < 4.78 is 2.73. The van der Waals surface area contributed by atoms with Crippen LogP contribution in [0.5, 0.6) is 0 Å². The number of carbonyl (C=O) groups excluding carboxylic acids is 1. The Kier molecular flexibility index (Phi) is 3.87. The number of fused-ring (bicyclic) bond motifs is 1. The molecule has 0 unspecified atom stereocenters. The topological polar surface area (TPSA) is 85.6 Å². The summed E-state index contributed by atoms with van der Waals surface area (Å²) in [6.45, 7) is 2.80. The van der Waals surface area contributed by atoms with E-state index in [0.717, 1.165) is 15.8 Å². The van der Waals surface area contributed by atoms with E-state index >= 15 is 0 Å². The number of carbonyl (C=O) groups is 1. The highest BCUT2D eigenvalue weighted by molar-refractivity contribution is 7.16. The van der Waals surface area contributed by atoms with Crippen molar-refractivity contribution in [2.45, 2.75) is 26.4 Å². The van der Waals surface area contributed by atoms with Gasteiger partial charge in [0.15, 0.2) is 0 Å². The molecule has 2 heterocycles. The van der Waals surface area contributed by atoms with Crippen molar-refractivity contribution in [3.63, 3.8) is 0 Å². The van der Waals surface area contributed by atoms with Crippen molar-refractivity contribution in [3.8, 4) is 0 Å². The Labute approximate surface area is 125 Å². The molecule has 0 bridgehead atoms. The maximum Gasteiger partial charge on any atom is 0.222 e. The molecule has 21 heavy (non-hydrogen) atoms. The molecule has 0 aliphatic heterocycles. The van der Waals surface area contributed by atoms with E-state index in [1.165, 1.54) is 0 Å². The monoisotopic (exact) mass is 302 g/mol. The molecule has 2 aromatic heterocycles. The molecule has 108 valence electrons. The van der Waals surface area contributed by atoms with Crippen molar-refractivity contribution in [2.24, 2.45) is 0 Å². The number of benzene rings is 1. The summed E-state index contributed by atoms with van der Waals surface area (Å²) in [5.74, 6) is 0.684. The van der Waals surface area contributed by atoms with Gasteiger partial charge in [0.1, 0.15) is 5.82 Å². The number of hydrogen-bond donors (Lipinski definition) is 1. The minimum atomic E-state index is -0.0218. The zero-order valence-electron chi connectivity index (χ0n) is 11.5. The first-order valence-electron chi connectivity index (χ1n) is 6.54. The van der Waals surface area contributed by atoms with Crippen molar-refractivity contribution in [1.82, 2.24) is 30.5 Å². The van der Waals surface area contributed by atoms with Crippen LogP contribution < -0.4 is 5.32 Å². The lowest BCUT2D eigenvalue weighted by Gasteiger charge is -2.06.